The molecule has 2 aromatic carbocycles. The van der Waals surface area contributed by atoms with Crippen LogP contribution in [-0.4, -0.2) is 70.5 Å². The van der Waals surface area contributed by atoms with Gasteiger partial charge >= 0.3 is 0 Å². The first-order valence-corrected chi connectivity index (χ1v) is 11.7. The summed E-state index contributed by atoms with van der Waals surface area (Å²) >= 11 is 0. The molecule has 2 saturated heterocycles. The van der Waals surface area contributed by atoms with Crippen molar-refractivity contribution in [1.82, 2.24) is 19.8 Å². The molecule has 0 unspecified atom stereocenters. The maximum Gasteiger partial charge on any atom is 0.275 e. The lowest BCUT2D eigenvalue weighted by Gasteiger charge is -2.36. The number of carbonyl (C=O) groups excluding carboxylic acids is 1. The number of imidazole rings is 1. The fourth-order valence-electron chi connectivity index (χ4n) is 4.86. The number of aliphatic hydroxyl groups is 1. The fraction of sp³-hybridized carbons (Fsp3) is 0.385. The first-order chi connectivity index (χ1) is 16.2. The molecule has 0 bridgehead atoms. The van der Waals surface area contributed by atoms with Gasteiger partial charge in [-0.2, -0.15) is 0 Å². The maximum absolute atomic E-state index is 13.9. The molecule has 2 aliphatic rings. The molecule has 172 valence electrons. The Morgan fingerprint density at radius 1 is 1.12 bits per heavy atom. The standard InChI is InChI=1S/C26H30N4O3/c31-23-11-14-33-17-22(23)30-18-28-24(25(30)20-9-5-2-6-10-20)26(32)29-13-12-27-16-21(29)15-19-7-3-1-4-8-19/h1-10,18,21-23,27,31H,11-17H2/t21-,22+,23+/m1/s1. The number of aliphatic hydroxyl groups excluding tert-OH is 1. The van der Waals surface area contributed by atoms with E-state index in [0.717, 1.165) is 30.8 Å². The lowest BCUT2D eigenvalue weighted by Crippen LogP contribution is -2.54. The normalized spacial score (nSPS) is 23.4. The Labute approximate surface area is 194 Å². The molecule has 0 radical (unpaired) electrons. The Morgan fingerprint density at radius 2 is 1.88 bits per heavy atom. The number of hydrogen-bond donors (Lipinski definition) is 2. The second-order valence-electron chi connectivity index (χ2n) is 8.76. The monoisotopic (exact) mass is 446 g/mol. The van der Waals surface area contributed by atoms with E-state index in [2.05, 4.69) is 22.4 Å². The van der Waals surface area contributed by atoms with Gasteiger partial charge in [0.2, 0.25) is 0 Å². The predicted molar refractivity (Wildman–Crippen MR) is 126 cm³/mol. The Bertz CT molecular complexity index is 1070. The van der Waals surface area contributed by atoms with Gasteiger partial charge in [-0.3, -0.25) is 4.79 Å². The molecule has 7 heteroatoms. The largest absolute Gasteiger partial charge is 0.391 e. The number of piperazine rings is 1. The van der Waals surface area contributed by atoms with E-state index >= 15 is 0 Å². The van der Waals surface area contributed by atoms with E-state index in [1.807, 2.05) is 58.0 Å². The Balaban J connectivity index is 1.50. The molecular weight excluding hydrogens is 416 g/mol. The third-order valence-electron chi connectivity index (χ3n) is 6.62. The van der Waals surface area contributed by atoms with Crippen molar-refractivity contribution in [2.45, 2.75) is 31.0 Å². The van der Waals surface area contributed by atoms with Crippen molar-refractivity contribution in [1.29, 1.82) is 0 Å². The van der Waals surface area contributed by atoms with Crippen molar-refractivity contribution in [3.05, 3.63) is 78.2 Å². The first kappa shape index (κ1) is 21.8. The minimum Gasteiger partial charge on any atom is -0.391 e. The molecule has 1 aromatic heterocycles. The van der Waals surface area contributed by atoms with E-state index in [-0.39, 0.29) is 18.0 Å². The van der Waals surface area contributed by atoms with Crippen LogP contribution < -0.4 is 5.32 Å². The van der Waals surface area contributed by atoms with E-state index in [0.29, 0.717) is 31.9 Å². The highest BCUT2D eigenvalue weighted by molar-refractivity contribution is 5.98. The summed E-state index contributed by atoms with van der Waals surface area (Å²) in [4.78, 5) is 20.5. The summed E-state index contributed by atoms with van der Waals surface area (Å²) in [5.74, 6) is -0.0683. The number of amides is 1. The van der Waals surface area contributed by atoms with Gasteiger partial charge in [0.25, 0.3) is 5.91 Å². The lowest BCUT2D eigenvalue weighted by molar-refractivity contribution is -0.0286. The number of hydrogen-bond acceptors (Lipinski definition) is 5. The van der Waals surface area contributed by atoms with Crippen LogP contribution in [0.4, 0.5) is 0 Å². The van der Waals surface area contributed by atoms with Crippen molar-refractivity contribution in [2.24, 2.45) is 0 Å². The van der Waals surface area contributed by atoms with Crippen LogP contribution in [0.25, 0.3) is 11.3 Å². The Morgan fingerprint density at radius 3 is 2.64 bits per heavy atom. The number of rotatable bonds is 5. The van der Waals surface area contributed by atoms with Gasteiger partial charge in [-0.15, -0.1) is 0 Å². The van der Waals surface area contributed by atoms with Gasteiger partial charge < -0.3 is 24.6 Å². The van der Waals surface area contributed by atoms with E-state index < -0.39 is 6.10 Å². The summed E-state index contributed by atoms with van der Waals surface area (Å²) in [6.07, 6.45) is 2.50. The smallest absolute Gasteiger partial charge is 0.275 e. The minimum absolute atomic E-state index is 0.0472. The molecule has 2 aliphatic heterocycles. The second-order valence-corrected chi connectivity index (χ2v) is 8.76. The van der Waals surface area contributed by atoms with Crippen LogP contribution in [0.2, 0.25) is 0 Å². The summed E-state index contributed by atoms with van der Waals surface area (Å²) < 4.78 is 7.59. The highest BCUT2D eigenvalue weighted by Gasteiger charge is 2.34. The van der Waals surface area contributed by atoms with E-state index in [1.165, 1.54) is 5.56 Å². The SMILES string of the molecule is O=C(c1ncn([C@H]2COCC[C@@H]2O)c1-c1ccccc1)N1CCNC[C@H]1Cc1ccccc1. The van der Waals surface area contributed by atoms with Crippen LogP contribution in [0, 0.1) is 0 Å². The fourth-order valence-corrected chi connectivity index (χ4v) is 4.86. The topological polar surface area (TPSA) is 79.6 Å². The molecule has 7 nitrogen and oxygen atoms in total. The predicted octanol–water partition coefficient (Wildman–Crippen LogP) is 2.53. The number of carbonyl (C=O) groups is 1. The summed E-state index contributed by atoms with van der Waals surface area (Å²) in [6, 6.07) is 19.9. The van der Waals surface area contributed by atoms with Crippen LogP contribution in [0.1, 0.15) is 28.5 Å². The van der Waals surface area contributed by atoms with Crippen molar-refractivity contribution in [3.63, 3.8) is 0 Å². The van der Waals surface area contributed by atoms with Crippen LogP contribution in [-0.2, 0) is 11.2 Å². The molecular formula is C26H30N4O3. The van der Waals surface area contributed by atoms with E-state index in [1.54, 1.807) is 6.33 Å². The highest BCUT2D eigenvalue weighted by Crippen LogP contribution is 2.31. The first-order valence-electron chi connectivity index (χ1n) is 11.7. The van der Waals surface area contributed by atoms with Gasteiger partial charge in [0.1, 0.15) is 0 Å². The number of benzene rings is 2. The molecule has 3 aromatic rings. The average Bonchev–Trinajstić information content (AvgIpc) is 3.30. The molecule has 5 rings (SSSR count). The Kier molecular flexibility index (Phi) is 6.53. The van der Waals surface area contributed by atoms with Gasteiger partial charge in [-0.1, -0.05) is 60.7 Å². The summed E-state index contributed by atoms with van der Waals surface area (Å²) in [6.45, 7) is 3.08. The third kappa shape index (κ3) is 4.57. The molecule has 3 heterocycles. The van der Waals surface area contributed by atoms with Gasteiger partial charge in [0.15, 0.2) is 5.69 Å². The number of ether oxygens (including phenoxy) is 1. The minimum atomic E-state index is -0.539. The van der Waals surface area contributed by atoms with Crippen LogP contribution in [0.3, 0.4) is 0 Å². The molecule has 0 saturated carbocycles. The second kappa shape index (κ2) is 9.87. The van der Waals surface area contributed by atoms with Crippen molar-refractivity contribution < 1.29 is 14.6 Å². The number of nitrogens with zero attached hydrogens (tertiary/aromatic N) is 3. The summed E-state index contributed by atoms with van der Waals surface area (Å²) in [7, 11) is 0. The van der Waals surface area contributed by atoms with E-state index in [9.17, 15) is 9.90 Å². The van der Waals surface area contributed by atoms with Crippen molar-refractivity contribution in [2.75, 3.05) is 32.8 Å². The van der Waals surface area contributed by atoms with Crippen molar-refractivity contribution >= 4 is 5.91 Å². The number of aromatic nitrogens is 2. The molecule has 0 spiro atoms. The van der Waals surface area contributed by atoms with E-state index in [4.69, 9.17) is 4.74 Å². The van der Waals surface area contributed by atoms with Crippen molar-refractivity contribution in [3.8, 4) is 11.3 Å². The van der Waals surface area contributed by atoms with Gasteiger partial charge in [-0.05, 0) is 18.4 Å². The van der Waals surface area contributed by atoms with Gasteiger partial charge in [0, 0.05) is 37.8 Å². The van der Waals surface area contributed by atoms with Gasteiger partial charge in [0.05, 0.1) is 30.8 Å². The maximum atomic E-state index is 13.9. The lowest BCUT2D eigenvalue weighted by atomic mass is 10.0. The van der Waals surface area contributed by atoms with Crippen LogP contribution in [0.5, 0.6) is 0 Å². The zero-order chi connectivity index (χ0) is 22.6. The molecule has 2 fully saturated rings. The highest BCUT2D eigenvalue weighted by atomic mass is 16.5. The summed E-state index contributed by atoms with van der Waals surface area (Å²) in [5.41, 5.74) is 3.29. The molecule has 33 heavy (non-hydrogen) atoms. The number of nitrogens with one attached hydrogen (secondary N) is 1. The molecule has 2 N–H and O–H groups in total. The summed E-state index contributed by atoms with van der Waals surface area (Å²) in [5, 5.41) is 14.1. The molecule has 1 amide bonds. The zero-order valence-corrected chi connectivity index (χ0v) is 18.6. The quantitative estimate of drug-likeness (QED) is 0.630. The molecule has 0 aliphatic carbocycles. The third-order valence-corrected chi connectivity index (χ3v) is 6.62. The van der Waals surface area contributed by atoms with Gasteiger partial charge in [-0.25, -0.2) is 4.98 Å². The van der Waals surface area contributed by atoms with Crippen LogP contribution >= 0.6 is 0 Å². The zero-order valence-electron chi connectivity index (χ0n) is 18.6. The van der Waals surface area contributed by atoms with Crippen LogP contribution in [0.15, 0.2) is 67.0 Å². The molecule has 3 atom stereocenters. The average molecular weight is 447 g/mol. The Hall–Kier alpha value is -3.00.